The van der Waals surface area contributed by atoms with Crippen LogP contribution in [0.1, 0.15) is 19.2 Å². The topological polar surface area (TPSA) is 72.9 Å². The number of aromatic nitrogens is 2. The van der Waals surface area contributed by atoms with Gasteiger partial charge in [0.05, 0.1) is 11.0 Å². The number of nitrogens with one attached hydrogen (secondary N) is 1. The number of hydrogen-bond donors (Lipinski definition) is 2. The Kier molecular flexibility index (Phi) is 3.39. The van der Waals surface area contributed by atoms with Crippen molar-refractivity contribution in [3.63, 3.8) is 0 Å². The van der Waals surface area contributed by atoms with Crippen molar-refractivity contribution in [1.82, 2.24) is 15.0 Å². The van der Waals surface area contributed by atoms with E-state index < -0.39 is 0 Å². The number of aryl methyl sites for hydroxylation is 2. The zero-order valence-electron chi connectivity index (χ0n) is 9.81. The molecule has 0 saturated heterocycles. The minimum atomic E-state index is -0.162. The lowest BCUT2D eigenvalue weighted by Gasteiger charge is -2.07. The summed E-state index contributed by atoms with van der Waals surface area (Å²) in [7, 11) is 0. The van der Waals surface area contributed by atoms with Gasteiger partial charge in [0.25, 0.3) is 0 Å². The van der Waals surface area contributed by atoms with Crippen molar-refractivity contribution in [2.24, 2.45) is 5.84 Å². The molecule has 17 heavy (non-hydrogen) atoms. The van der Waals surface area contributed by atoms with Gasteiger partial charge in [-0.15, -0.1) is 0 Å². The van der Waals surface area contributed by atoms with E-state index in [9.17, 15) is 4.79 Å². The largest absolute Gasteiger partial charge is 0.327 e. The van der Waals surface area contributed by atoms with Crippen LogP contribution in [0, 0.1) is 0 Å². The maximum atomic E-state index is 11.2. The van der Waals surface area contributed by atoms with Gasteiger partial charge in [0.2, 0.25) is 5.91 Å². The highest BCUT2D eigenvalue weighted by Crippen LogP contribution is 2.16. The van der Waals surface area contributed by atoms with Crippen molar-refractivity contribution in [3.8, 4) is 0 Å². The highest BCUT2D eigenvalue weighted by Gasteiger charge is 2.09. The summed E-state index contributed by atoms with van der Waals surface area (Å²) < 4.78 is 2.07. The molecule has 1 heterocycles. The van der Waals surface area contributed by atoms with E-state index in [0.717, 1.165) is 23.3 Å². The van der Waals surface area contributed by atoms with Crippen molar-refractivity contribution in [3.05, 3.63) is 30.1 Å². The number of amides is 1. The van der Waals surface area contributed by atoms with Crippen LogP contribution in [0.4, 0.5) is 0 Å². The lowest BCUT2D eigenvalue weighted by Crippen LogP contribution is -2.30. The maximum absolute atomic E-state index is 11.2. The summed E-state index contributed by atoms with van der Waals surface area (Å²) in [5.41, 5.74) is 4.17. The molecular formula is C12H16N4O. The van der Waals surface area contributed by atoms with E-state index in [-0.39, 0.29) is 5.91 Å². The molecule has 1 aromatic carbocycles. The predicted molar refractivity (Wildman–Crippen MR) is 66.1 cm³/mol. The molecule has 0 aliphatic heterocycles. The summed E-state index contributed by atoms with van der Waals surface area (Å²) in [6, 6.07) is 7.94. The van der Waals surface area contributed by atoms with Gasteiger partial charge in [0, 0.05) is 19.4 Å². The van der Waals surface area contributed by atoms with Gasteiger partial charge >= 0.3 is 0 Å². The Labute approximate surface area is 99.6 Å². The normalized spacial score (nSPS) is 10.7. The molecule has 2 aromatic rings. The summed E-state index contributed by atoms with van der Waals surface area (Å²) in [6.45, 7) is 2.66. The Morgan fingerprint density at radius 3 is 2.94 bits per heavy atom. The molecule has 90 valence electrons. The van der Waals surface area contributed by atoms with E-state index >= 15 is 0 Å². The van der Waals surface area contributed by atoms with Gasteiger partial charge in [0.15, 0.2) is 0 Å². The van der Waals surface area contributed by atoms with Crippen molar-refractivity contribution >= 4 is 16.9 Å². The first-order chi connectivity index (χ1) is 8.26. The van der Waals surface area contributed by atoms with E-state index in [1.165, 1.54) is 0 Å². The number of rotatable bonds is 4. The summed E-state index contributed by atoms with van der Waals surface area (Å²) in [5, 5.41) is 0. The number of hydrogen-bond acceptors (Lipinski definition) is 3. The fourth-order valence-corrected chi connectivity index (χ4v) is 1.93. The Bertz CT molecular complexity index is 532. The number of hydrazine groups is 1. The van der Waals surface area contributed by atoms with E-state index in [4.69, 9.17) is 5.84 Å². The molecule has 0 fully saturated rings. The van der Waals surface area contributed by atoms with Gasteiger partial charge in [-0.1, -0.05) is 19.1 Å². The van der Waals surface area contributed by atoms with Crippen LogP contribution in [-0.4, -0.2) is 15.5 Å². The molecule has 0 saturated carbocycles. The fraction of sp³-hybridized carbons (Fsp3) is 0.333. The second kappa shape index (κ2) is 4.97. The third-order valence-corrected chi connectivity index (χ3v) is 2.77. The van der Waals surface area contributed by atoms with E-state index in [1.54, 1.807) is 0 Å². The van der Waals surface area contributed by atoms with Gasteiger partial charge in [0.1, 0.15) is 5.82 Å². The first kappa shape index (κ1) is 11.6. The third-order valence-electron chi connectivity index (χ3n) is 2.77. The number of carbonyl (C=O) groups is 1. The molecule has 0 aliphatic carbocycles. The molecule has 3 N–H and O–H groups in total. The first-order valence-corrected chi connectivity index (χ1v) is 5.70. The molecular weight excluding hydrogens is 216 g/mol. The van der Waals surface area contributed by atoms with Gasteiger partial charge in [-0.2, -0.15) is 0 Å². The van der Waals surface area contributed by atoms with Crippen LogP contribution in [-0.2, 0) is 17.8 Å². The molecule has 0 bridgehead atoms. The smallest absolute Gasteiger partial charge is 0.235 e. The number of nitrogens with zero attached hydrogens (tertiary/aromatic N) is 2. The number of nitrogens with two attached hydrogens (primary N) is 1. The van der Waals surface area contributed by atoms with E-state index in [2.05, 4.69) is 21.9 Å². The molecule has 0 atom stereocenters. The van der Waals surface area contributed by atoms with Crippen LogP contribution in [0.15, 0.2) is 24.3 Å². The highest BCUT2D eigenvalue weighted by atomic mass is 16.2. The summed E-state index contributed by atoms with van der Waals surface area (Å²) in [6.07, 6.45) is 1.21. The molecule has 0 spiro atoms. The van der Waals surface area contributed by atoms with Crippen LogP contribution < -0.4 is 11.3 Å². The predicted octanol–water partition coefficient (Wildman–Crippen LogP) is 0.979. The van der Waals surface area contributed by atoms with Gasteiger partial charge in [-0.05, 0) is 12.1 Å². The maximum Gasteiger partial charge on any atom is 0.235 e. The van der Waals surface area contributed by atoms with Gasteiger partial charge in [-0.3, -0.25) is 10.2 Å². The Hall–Kier alpha value is -1.88. The second-order valence-corrected chi connectivity index (χ2v) is 3.84. The molecule has 0 aliphatic rings. The molecule has 1 aromatic heterocycles. The highest BCUT2D eigenvalue weighted by molar-refractivity contribution is 5.77. The number of carbonyl (C=O) groups excluding carboxylic acids is 1. The lowest BCUT2D eigenvalue weighted by atomic mass is 10.3. The summed E-state index contributed by atoms with van der Waals surface area (Å²) in [4.78, 5) is 15.7. The average Bonchev–Trinajstić information content (AvgIpc) is 2.73. The molecule has 0 radical (unpaired) electrons. The Morgan fingerprint density at radius 2 is 2.24 bits per heavy atom. The van der Waals surface area contributed by atoms with Crippen LogP contribution in [0.25, 0.3) is 11.0 Å². The van der Waals surface area contributed by atoms with E-state index in [1.807, 2.05) is 24.3 Å². The van der Waals surface area contributed by atoms with Crippen molar-refractivity contribution in [1.29, 1.82) is 0 Å². The van der Waals surface area contributed by atoms with Crippen LogP contribution in [0.2, 0.25) is 0 Å². The first-order valence-electron chi connectivity index (χ1n) is 5.70. The Morgan fingerprint density at radius 1 is 1.47 bits per heavy atom. The molecule has 5 nitrogen and oxygen atoms in total. The molecule has 2 rings (SSSR count). The van der Waals surface area contributed by atoms with Crippen molar-refractivity contribution in [2.75, 3.05) is 0 Å². The van der Waals surface area contributed by atoms with Crippen LogP contribution in [0.3, 0.4) is 0 Å². The molecule has 5 heteroatoms. The number of imidazole rings is 1. The average molecular weight is 232 g/mol. The zero-order valence-corrected chi connectivity index (χ0v) is 9.81. The minimum Gasteiger partial charge on any atom is -0.327 e. The van der Waals surface area contributed by atoms with Crippen LogP contribution in [0.5, 0.6) is 0 Å². The quantitative estimate of drug-likeness (QED) is 0.469. The fourth-order valence-electron chi connectivity index (χ4n) is 1.93. The zero-order chi connectivity index (χ0) is 12.3. The lowest BCUT2D eigenvalue weighted by molar-refractivity contribution is -0.121. The van der Waals surface area contributed by atoms with Gasteiger partial charge in [-0.25, -0.2) is 10.8 Å². The van der Waals surface area contributed by atoms with Gasteiger partial charge < -0.3 is 4.57 Å². The second-order valence-electron chi connectivity index (χ2n) is 3.84. The third kappa shape index (κ3) is 2.29. The molecule has 1 amide bonds. The number of fused-ring (bicyclic) bond motifs is 1. The Balaban J connectivity index is 2.33. The summed E-state index contributed by atoms with van der Waals surface area (Å²) in [5.74, 6) is 5.90. The standard InChI is InChI=1S/C12H16N4O/c1-2-11-14-9-5-3-4-6-10(9)16(11)8-7-12(17)15-13/h3-6H,2,7-8,13H2,1H3,(H,15,17). The SMILES string of the molecule is CCc1nc2ccccc2n1CCC(=O)NN. The van der Waals surface area contributed by atoms with Crippen LogP contribution >= 0.6 is 0 Å². The van der Waals surface area contributed by atoms with Crippen molar-refractivity contribution < 1.29 is 4.79 Å². The number of benzene rings is 1. The molecule has 0 unspecified atom stereocenters. The summed E-state index contributed by atoms with van der Waals surface area (Å²) >= 11 is 0. The van der Waals surface area contributed by atoms with E-state index in [0.29, 0.717) is 13.0 Å². The monoisotopic (exact) mass is 232 g/mol. The van der Waals surface area contributed by atoms with Crippen molar-refractivity contribution in [2.45, 2.75) is 26.3 Å². The number of para-hydroxylation sites is 2. The minimum absolute atomic E-state index is 0.162.